The lowest BCUT2D eigenvalue weighted by molar-refractivity contribution is 0.463. The predicted molar refractivity (Wildman–Crippen MR) is 115 cm³/mol. The molecular weight excluding hydrogens is 334 g/mol. The van der Waals surface area contributed by atoms with E-state index in [1.54, 1.807) is 0 Å². The van der Waals surface area contributed by atoms with Crippen LogP contribution in [0.15, 0.2) is 0 Å². The summed E-state index contributed by atoms with van der Waals surface area (Å²) in [6, 6.07) is 0.661. The Morgan fingerprint density at radius 3 is 0.826 bits per heavy atom. The molecule has 23 heavy (non-hydrogen) atoms. The van der Waals surface area contributed by atoms with E-state index in [0.29, 0.717) is 6.00 Å². The summed E-state index contributed by atoms with van der Waals surface area (Å²) in [4.78, 5) is 0. The van der Waals surface area contributed by atoms with Gasteiger partial charge in [0, 0.05) is 0 Å². The molecule has 0 bridgehead atoms. The fourth-order valence-corrected chi connectivity index (χ4v) is 21.8. The van der Waals surface area contributed by atoms with Crippen LogP contribution in [0.4, 0.5) is 0 Å². The van der Waals surface area contributed by atoms with E-state index in [1.807, 2.05) is 0 Å². The van der Waals surface area contributed by atoms with Gasteiger partial charge in [0.15, 0.2) is 0 Å². The summed E-state index contributed by atoms with van der Waals surface area (Å²) in [6.07, 6.45) is 0. The van der Waals surface area contributed by atoms with Gasteiger partial charge in [-0.3, -0.25) is 0 Å². The van der Waals surface area contributed by atoms with Gasteiger partial charge >= 0.3 is 0 Å². The maximum absolute atomic E-state index is 6.76. The minimum Gasteiger partial charge on any atom is -0.331 e. The van der Waals surface area contributed by atoms with E-state index in [4.69, 9.17) is 11.6 Å². The number of halogens is 1. The van der Waals surface area contributed by atoms with Crippen molar-refractivity contribution in [1.29, 1.82) is 0 Å². The quantitative estimate of drug-likeness (QED) is 0.275. The maximum Gasteiger partial charge on any atom is 0.130 e. The van der Waals surface area contributed by atoms with Crippen molar-refractivity contribution in [1.82, 2.24) is 4.23 Å². The largest absolute Gasteiger partial charge is 0.331 e. The lowest BCUT2D eigenvalue weighted by Gasteiger charge is -2.66. The van der Waals surface area contributed by atoms with Gasteiger partial charge < -0.3 is 4.23 Å². The van der Waals surface area contributed by atoms with Crippen molar-refractivity contribution < 1.29 is 0 Å². The molecule has 0 atom stereocenters. The first-order valence-corrected chi connectivity index (χ1v) is 14.5. The van der Waals surface area contributed by atoms with Crippen LogP contribution in [0.5, 0.6) is 0 Å². The second kappa shape index (κ2) is 6.44. The summed E-state index contributed by atoms with van der Waals surface area (Å²) in [6.45, 7) is 34.4. The molecule has 0 rings (SSSR count). The van der Waals surface area contributed by atoms with Gasteiger partial charge in [0.05, 0.1) is 6.00 Å². The molecule has 0 aliphatic heterocycles. The van der Waals surface area contributed by atoms with E-state index < -0.39 is 16.5 Å². The average Bonchev–Trinajstić information content (AvgIpc) is 2.22. The monoisotopic (exact) mass is 377 g/mol. The Morgan fingerprint density at radius 1 is 0.565 bits per heavy atom. The molecule has 1 nitrogen and oxygen atoms in total. The Hall–Kier alpha value is 0.684. The molecule has 0 saturated carbocycles. The van der Waals surface area contributed by atoms with Crippen LogP contribution in [0.25, 0.3) is 0 Å². The van der Waals surface area contributed by atoms with Crippen molar-refractivity contribution in [3.8, 4) is 0 Å². The van der Waals surface area contributed by atoms with Gasteiger partial charge in [-0.15, -0.1) is 11.6 Å². The van der Waals surface area contributed by atoms with Crippen molar-refractivity contribution >= 4 is 28.1 Å². The van der Waals surface area contributed by atoms with Gasteiger partial charge in [-0.05, 0) is 20.2 Å². The van der Waals surface area contributed by atoms with Gasteiger partial charge in [0.1, 0.15) is 16.5 Å². The van der Waals surface area contributed by atoms with Crippen molar-refractivity contribution in [2.24, 2.45) is 0 Å². The molecule has 0 radical (unpaired) electrons. The van der Waals surface area contributed by atoms with E-state index in [0.717, 1.165) is 0 Å². The van der Waals surface area contributed by atoms with Crippen LogP contribution >= 0.6 is 11.6 Å². The fourth-order valence-electron chi connectivity index (χ4n) is 4.56. The van der Waals surface area contributed by atoms with Crippen molar-refractivity contribution in [3.63, 3.8) is 0 Å². The highest BCUT2D eigenvalue weighted by molar-refractivity contribution is 6.97. The second-order valence-electron chi connectivity index (χ2n) is 11.7. The molecule has 0 aliphatic rings. The van der Waals surface area contributed by atoms with Gasteiger partial charge in [0.2, 0.25) is 0 Å². The highest BCUT2D eigenvalue weighted by Gasteiger charge is 2.63. The molecule has 0 aromatic heterocycles. The third kappa shape index (κ3) is 3.78. The third-order valence-corrected chi connectivity index (χ3v) is 24.5. The number of nitrogens with zero attached hydrogens (tertiary/aromatic N) is 1. The van der Waals surface area contributed by atoms with Crippen LogP contribution in [0.1, 0.15) is 83.1 Å². The summed E-state index contributed by atoms with van der Waals surface area (Å²) in [5.74, 6) is 0. The number of rotatable bonds is 3. The highest BCUT2D eigenvalue weighted by Crippen LogP contribution is 2.61. The van der Waals surface area contributed by atoms with Crippen molar-refractivity contribution in [3.05, 3.63) is 0 Å². The van der Waals surface area contributed by atoms with Crippen molar-refractivity contribution in [2.45, 2.75) is 116 Å². The zero-order chi connectivity index (χ0) is 19.3. The van der Waals surface area contributed by atoms with Gasteiger partial charge in [-0.25, -0.2) is 0 Å². The smallest absolute Gasteiger partial charge is 0.130 e. The van der Waals surface area contributed by atoms with Crippen LogP contribution in [0, 0.1) is 0 Å². The van der Waals surface area contributed by atoms with Crippen molar-refractivity contribution in [2.75, 3.05) is 6.00 Å². The van der Waals surface area contributed by atoms with Crippen LogP contribution in [-0.2, 0) is 0 Å². The Bertz CT molecular complexity index is 339. The number of alkyl halides is 1. The Balaban J connectivity index is 6.76. The summed E-state index contributed by atoms with van der Waals surface area (Å²) < 4.78 is 2.88. The fraction of sp³-hybridized carbons (Fsp3) is 1.00. The van der Waals surface area contributed by atoms with Crippen LogP contribution in [-0.4, -0.2) is 26.7 Å². The predicted octanol–water partition coefficient (Wildman–Crippen LogP) is 7.84. The molecular formula is C19H44ClNSi2. The van der Waals surface area contributed by atoms with Crippen LogP contribution in [0.2, 0.25) is 33.2 Å². The molecule has 0 N–H and O–H groups in total. The van der Waals surface area contributed by atoms with E-state index in [9.17, 15) is 0 Å². The van der Waals surface area contributed by atoms with Gasteiger partial charge in [-0.2, -0.15) is 0 Å². The summed E-state index contributed by atoms with van der Waals surface area (Å²) in [5, 5.41) is 1.07. The summed E-state index contributed by atoms with van der Waals surface area (Å²) >= 11 is 6.76. The first kappa shape index (κ1) is 23.7. The molecule has 0 fully saturated rings. The van der Waals surface area contributed by atoms with Crippen LogP contribution < -0.4 is 0 Å². The molecule has 0 aromatic rings. The number of hydrogen-bond acceptors (Lipinski definition) is 1. The molecule has 0 saturated heterocycles. The average molecular weight is 378 g/mol. The normalized spacial score (nSPS) is 16.2. The first-order chi connectivity index (χ1) is 9.69. The van der Waals surface area contributed by atoms with E-state index >= 15 is 0 Å². The molecule has 4 heteroatoms. The summed E-state index contributed by atoms with van der Waals surface area (Å²) in [5.41, 5.74) is 0. The Labute approximate surface area is 154 Å². The molecule has 0 amide bonds. The first-order valence-electron chi connectivity index (χ1n) is 9.03. The van der Waals surface area contributed by atoms with E-state index in [1.165, 1.54) is 0 Å². The molecule has 0 unspecified atom stereocenters. The zero-order valence-corrected chi connectivity index (χ0v) is 21.3. The van der Waals surface area contributed by atoms with Crippen LogP contribution in [0.3, 0.4) is 0 Å². The second-order valence-corrected chi connectivity index (χ2v) is 23.7. The SMILES string of the molecule is CC(C)(C)[Si](C)(N(CCl)[Si](C)(C(C)(C)C)C(C)(C)C)C(C)(C)C. The third-order valence-electron chi connectivity index (χ3n) is 7.04. The number of hydrogen-bond donors (Lipinski definition) is 0. The topological polar surface area (TPSA) is 3.24 Å². The molecule has 0 spiro atoms. The minimum absolute atomic E-state index is 0.269. The maximum atomic E-state index is 6.76. The molecule has 140 valence electrons. The van der Waals surface area contributed by atoms with Gasteiger partial charge in [-0.1, -0.05) is 96.2 Å². The lowest BCUT2D eigenvalue weighted by Crippen LogP contribution is -2.75. The molecule has 0 heterocycles. The van der Waals surface area contributed by atoms with E-state index in [2.05, 4.69) is 100 Å². The van der Waals surface area contributed by atoms with E-state index in [-0.39, 0.29) is 20.2 Å². The highest BCUT2D eigenvalue weighted by atomic mass is 35.5. The summed E-state index contributed by atoms with van der Waals surface area (Å²) in [7, 11) is -3.75. The molecule has 0 aromatic carbocycles. The minimum atomic E-state index is -1.87. The zero-order valence-electron chi connectivity index (χ0n) is 18.5. The Morgan fingerprint density at radius 2 is 0.739 bits per heavy atom. The molecule has 0 aliphatic carbocycles. The Kier molecular flexibility index (Phi) is 6.64. The standard InChI is InChI=1S/C19H44ClNSi2/c1-16(2,3)22(13,17(4,5)6)21(15-20)23(14,18(7,8)9)19(10,11)12/h15H2,1-14H3. The van der Waals surface area contributed by atoms with Gasteiger partial charge in [0.25, 0.3) is 0 Å². The lowest BCUT2D eigenvalue weighted by atomic mass is 10.2.